The van der Waals surface area contributed by atoms with Gasteiger partial charge in [0, 0.05) is 30.5 Å². The SMILES string of the molecule is Cc1cccc(NC(=O)N2CCCC(C(=O)Nc3ccc(C(=O)NC4CC4)c(Cl)c3)C2)c1. The number of benzene rings is 2. The zero-order valence-corrected chi connectivity index (χ0v) is 18.7. The molecule has 3 N–H and O–H groups in total. The second-order valence-corrected chi connectivity index (χ2v) is 8.92. The predicted octanol–water partition coefficient (Wildman–Crippen LogP) is 4.42. The first-order valence-corrected chi connectivity index (χ1v) is 11.3. The second-order valence-electron chi connectivity index (χ2n) is 8.52. The van der Waals surface area contributed by atoms with Crippen LogP contribution in [0.15, 0.2) is 42.5 Å². The van der Waals surface area contributed by atoms with Crippen LogP contribution in [0, 0.1) is 12.8 Å². The van der Waals surface area contributed by atoms with Crippen LogP contribution in [-0.4, -0.2) is 41.9 Å². The van der Waals surface area contributed by atoms with E-state index < -0.39 is 0 Å². The third kappa shape index (κ3) is 5.59. The Bertz CT molecular complexity index is 1040. The normalized spacial score (nSPS) is 18.1. The number of hydrogen-bond acceptors (Lipinski definition) is 3. The van der Waals surface area contributed by atoms with Crippen LogP contribution in [0.25, 0.3) is 0 Å². The quantitative estimate of drug-likeness (QED) is 0.624. The van der Waals surface area contributed by atoms with Crippen molar-refractivity contribution in [1.82, 2.24) is 10.2 Å². The molecular formula is C24H27ClN4O3. The molecule has 1 aliphatic carbocycles. The van der Waals surface area contributed by atoms with Crippen molar-refractivity contribution in [3.05, 3.63) is 58.6 Å². The van der Waals surface area contributed by atoms with Gasteiger partial charge in [0.2, 0.25) is 5.91 Å². The zero-order chi connectivity index (χ0) is 22.7. The molecule has 4 amide bonds. The fourth-order valence-electron chi connectivity index (χ4n) is 3.81. The van der Waals surface area contributed by atoms with Crippen LogP contribution in [0.5, 0.6) is 0 Å². The summed E-state index contributed by atoms with van der Waals surface area (Å²) in [5, 5.41) is 8.98. The summed E-state index contributed by atoms with van der Waals surface area (Å²) >= 11 is 6.28. The summed E-state index contributed by atoms with van der Waals surface area (Å²) in [6.07, 6.45) is 3.45. The third-order valence-electron chi connectivity index (χ3n) is 5.74. The number of amides is 4. The number of carbonyl (C=O) groups excluding carboxylic acids is 3. The highest BCUT2D eigenvalue weighted by molar-refractivity contribution is 6.34. The average molecular weight is 455 g/mol. The van der Waals surface area contributed by atoms with Gasteiger partial charge < -0.3 is 20.9 Å². The highest BCUT2D eigenvalue weighted by atomic mass is 35.5. The molecule has 168 valence electrons. The summed E-state index contributed by atoms with van der Waals surface area (Å²) in [5.41, 5.74) is 2.73. The molecule has 8 heteroatoms. The Hall–Kier alpha value is -3.06. The van der Waals surface area contributed by atoms with Gasteiger partial charge in [-0.15, -0.1) is 0 Å². The summed E-state index contributed by atoms with van der Waals surface area (Å²) < 4.78 is 0. The Morgan fingerprint density at radius 2 is 1.78 bits per heavy atom. The lowest BCUT2D eigenvalue weighted by atomic mass is 9.97. The van der Waals surface area contributed by atoms with Crippen molar-refractivity contribution in [2.75, 3.05) is 23.7 Å². The van der Waals surface area contributed by atoms with Gasteiger partial charge in [-0.25, -0.2) is 4.79 Å². The minimum atomic E-state index is -0.316. The molecule has 2 aliphatic rings. The molecule has 1 unspecified atom stereocenters. The molecule has 1 atom stereocenters. The standard InChI is InChI=1S/C24H27ClN4O3/c1-15-4-2-6-18(12-15)28-24(32)29-11-3-5-16(14-29)22(30)27-19-9-10-20(21(25)13-19)23(31)26-17-7-8-17/h2,4,6,9-10,12-13,16-17H,3,5,7-8,11,14H2,1H3,(H,26,31)(H,27,30)(H,28,32). The Kier molecular flexibility index (Phi) is 6.65. The Labute approximate surface area is 192 Å². The van der Waals surface area contributed by atoms with Crippen LogP contribution in [0.3, 0.4) is 0 Å². The number of anilines is 2. The van der Waals surface area contributed by atoms with Gasteiger partial charge in [0.05, 0.1) is 16.5 Å². The maximum absolute atomic E-state index is 12.8. The molecule has 0 aromatic heterocycles. The number of nitrogens with zero attached hydrogens (tertiary/aromatic N) is 1. The van der Waals surface area contributed by atoms with E-state index in [0.717, 1.165) is 30.5 Å². The van der Waals surface area contributed by atoms with Crippen LogP contribution in [0.2, 0.25) is 5.02 Å². The Morgan fingerprint density at radius 3 is 2.50 bits per heavy atom. The van der Waals surface area contributed by atoms with E-state index in [1.807, 2.05) is 31.2 Å². The van der Waals surface area contributed by atoms with Crippen molar-refractivity contribution >= 4 is 40.8 Å². The molecule has 0 bridgehead atoms. The largest absolute Gasteiger partial charge is 0.349 e. The van der Waals surface area contributed by atoms with E-state index >= 15 is 0 Å². The number of nitrogens with one attached hydrogen (secondary N) is 3. The topological polar surface area (TPSA) is 90.5 Å². The van der Waals surface area contributed by atoms with Crippen molar-refractivity contribution in [1.29, 1.82) is 0 Å². The highest BCUT2D eigenvalue weighted by Gasteiger charge is 2.29. The van der Waals surface area contributed by atoms with Gasteiger partial charge in [0.15, 0.2) is 0 Å². The average Bonchev–Trinajstić information content (AvgIpc) is 3.58. The molecule has 1 heterocycles. The Balaban J connectivity index is 1.34. The number of urea groups is 1. The van der Waals surface area contributed by atoms with Crippen LogP contribution in [0.4, 0.5) is 16.2 Å². The maximum atomic E-state index is 12.8. The number of hydrogen-bond donors (Lipinski definition) is 3. The van der Waals surface area contributed by atoms with E-state index in [9.17, 15) is 14.4 Å². The fraction of sp³-hybridized carbons (Fsp3) is 0.375. The fourth-order valence-corrected chi connectivity index (χ4v) is 4.08. The molecule has 2 aromatic carbocycles. The van der Waals surface area contributed by atoms with Crippen LogP contribution >= 0.6 is 11.6 Å². The Morgan fingerprint density at radius 1 is 1.00 bits per heavy atom. The number of piperidine rings is 1. The minimum Gasteiger partial charge on any atom is -0.349 e. The van der Waals surface area contributed by atoms with E-state index in [2.05, 4.69) is 16.0 Å². The van der Waals surface area contributed by atoms with Crippen molar-refractivity contribution in [2.24, 2.45) is 5.92 Å². The maximum Gasteiger partial charge on any atom is 0.321 e. The first-order chi connectivity index (χ1) is 15.4. The summed E-state index contributed by atoms with van der Waals surface area (Å²) in [5.74, 6) is -0.675. The molecule has 4 rings (SSSR count). The van der Waals surface area contributed by atoms with Gasteiger partial charge in [-0.2, -0.15) is 0 Å². The van der Waals surface area contributed by atoms with Gasteiger partial charge in [0.1, 0.15) is 0 Å². The third-order valence-corrected chi connectivity index (χ3v) is 6.06. The van der Waals surface area contributed by atoms with Crippen molar-refractivity contribution in [2.45, 2.75) is 38.6 Å². The lowest BCUT2D eigenvalue weighted by Gasteiger charge is -2.32. The lowest BCUT2D eigenvalue weighted by Crippen LogP contribution is -2.45. The summed E-state index contributed by atoms with van der Waals surface area (Å²) in [4.78, 5) is 39.4. The smallest absolute Gasteiger partial charge is 0.321 e. The zero-order valence-electron chi connectivity index (χ0n) is 18.0. The van der Waals surface area contributed by atoms with Crippen LogP contribution in [-0.2, 0) is 4.79 Å². The monoisotopic (exact) mass is 454 g/mol. The highest BCUT2D eigenvalue weighted by Crippen LogP contribution is 2.25. The molecule has 2 fully saturated rings. The first-order valence-electron chi connectivity index (χ1n) is 10.9. The number of halogens is 1. The molecule has 7 nitrogen and oxygen atoms in total. The van der Waals surface area contributed by atoms with Crippen LogP contribution < -0.4 is 16.0 Å². The van der Waals surface area contributed by atoms with Crippen molar-refractivity contribution in [3.63, 3.8) is 0 Å². The van der Waals surface area contributed by atoms with Gasteiger partial charge in [-0.05, 0) is 68.5 Å². The van der Waals surface area contributed by atoms with E-state index in [-0.39, 0.29) is 29.8 Å². The van der Waals surface area contributed by atoms with Gasteiger partial charge in [-0.3, -0.25) is 9.59 Å². The van der Waals surface area contributed by atoms with E-state index in [4.69, 9.17) is 11.6 Å². The molecule has 2 aromatic rings. The number of aryl methyl sites for hydroxylation is 1. The van der Waals surface area contributed by atoms with E-state index in [1.165, 1.54) is 0 Å². The minimum absolute atomic E-state index is 0.163. The molecule has 0 radical (unpaired) electrons. The van der Waals surface area contributed by atoms with Crippen LogP contribution in [0.1, 0.15) is 41.6 Å². The van der Waals surface area contributed by atoms with E-state index in [0.29, 0.717) is 35.8 Å². The first kappa shape index (κ1) is 22.1. The van der Waals surface area contributed by atoms with Crippen molar-refractivity contribution < 1.29 is 14.4 Å². The molecule has 1 saturated carbocycles. The molecule has 1 saturated heterocycles. The number of rotatable bonds is 5. The molecule has 0 spiro atoms. The summed E-state index contributed by atoms with van der Waals surface area (Å²) in [6.45, 7) is 2.92. The number of carbonyl (C=O) groups is 3. The molecule has 32 heavy (non-hydrogen) atoms. The van der Waals surface area contributed by atoms with Crippen molar-refractivity contribution in [3.8, 4) is 0 Å². The summed E-state index contributed by atoms with van der Waals surface area (Å²) in [7, 11) is 0. The van der Waals surface area contributed by atoms with Gasteiger partial charge >= 0.3 is 6.03 Å². The predicted molar refractivity (Wildman–Crippen MR) is 125 cm³/mol. The lowest BCUT2D eigenvalue weighted by molar-refractivity contribution is -0.121. The van der Waals surface area contributed by atoms with E-state index in [1.54, 1.807) is 23.1 Å². The molecular weight excluding hydrogens is 428 g/mol. The number of likely N-dealkylation sites (tertiary alicyclic amines) is 1. The second kappa shape index (κ2) is 9.61. The van der Waals surface area contributed by atoms with Gasteiger partial charge in [-0.1, -0.05) is 23.7 Å². The summed E-state index contributed by atoms with van der Waals surface area (Å²) in [6, 6.07) is 12.5. The molecule has 1 aliphatic heterocycles. The van der Waals surface area contributed by atoms with Gasteiger partial charge in [0.25, 0.3) is 5.91 Å².